The third-order valence-corrected chi connectivity index (χ3v) is 4.90. The summed E-state index contributed by atoms with van der Waals surface area (Å²) >= 11 is 0. The van der Waals surface area contributed by atoms with Crippen LogP contribution < -0.4 is 0 Å². The first kappa shape index (κ1) is 9.96. The molecule has 0 bridgehead atoms. The first-order valence-electron chi connectivity index (χ1n) is 4.30. The molecule has 0 aliphatic carbocycles. The fourth-order valence-electron chi connectivity index (χ4n) is 0.687. The van der Waals surface area contributed by atoms with Gasteiger partial charge in [0.2, 0.25) is 0 Å². The zero-order valence-electron chi connectivity index (χ0n) is 7.78. The summed E-state index contributed by atoms with van der Waals surface area (Å²) in [5.74, 6) is 0. The maximum Gasteiger partial charge on any atom is 0.0710 e. The van der Waals surface area contributed by atoms with Gasteiger partial charge in [0.05, 0.1) is 8.07 Å². The highest BCUT2D eigenvalue weighted by molar-refractivity contribution is 6.82. The molecule has 0 radical (unpaired) electrons. The van der Waals surface area contributed by atoms with E-state index in [1.54, 1.807) is 0 Å². The van der Waals surface area contributed by atoms with Crippen LogP contribution in [0.25, 0.3) is 0 Å². The molecule has 0 amide bonds. The summed E-state index contributed by atoms with van der Waals surface area (Å²) in [5, 5.41) is 0. The summed E-state index contributed by atoms with van der Waals surface area (Å²) in [4.78, 5) is 0. The van der Waals surface area contributed by atoms with Crippen molar-refractivity contribution < 1.29 is 0 Å². The Morgan fingerprint density at radius 1 is 1.20 bits per heavy atom. The molecule has 1 heteroatoms. The van der Waals surface area contributed by atoms with E-state index in [1.165, 1.54) is 18.9 Å². The molecule has 0 aliphatic rings. The Bertz CT molecular complexity index is 103. The van der Waals surface area contributed by atoms with Crippen LogP contribution in [0.3, 0.4) is 0 Å². The van der Waals surface area contributed by atoms with E-state index < -0.39 is 8.07 Å². The van der Waals surface area contributed by atoms with Crippen LogP contribution >= 0.6 is 0 Å². The van der Waals surface area contributed by atoms with Crippen molar-refractivity contribution in [3.63, 3.8) is 0 Å². The summed E-state index contributed by atoms with van der Waals surface area (Å²) in [6, 6.07) is 1.37. The SMILES string of the molecule is CCCC=C[Si](C)(C)CC. The largest absolute Gasteiger partial charge is 0.0987 e. The van der Waals surface area contributed by atoms with Crippen LogP contribution in [0.1, 0.15) is 26.7 Å². The molecule has 0 aromatic heterocycles. The zero-order chi connectivity index (χ0) is 8.04. The predicted molar refractivity (Wildman–Crippen MR) is 52.0 cm³/mol. The first-order chi connectivity index (χ1) is 4.62. The van der Waals surface area contributed by atoms with Gasteiger partial charge in [0.1, 0.15) is 0 Å². The third-order valence-electron chi connectivity index (χ3n) is 1.94. The lowest BCUT2D eigenvalue weighted by Crippen LogP contribution is -2.20. The molecule has 0 spiro atoms. The fraction of sp³-hybridized carbons (Fsp3) is 0.778. The molecule has 0 fully saturated rings. The minimum absolute atomic E-state index is 0.895. The highest BCUT2D eigenvalue weighted by Gasteiger charge is 2.11. The van der Waals surface area contributed by atoms with E-state index in [2.05, 4.69) is 38.7 Å². The normalized spacial score (nSPS) is 12.8. The molecule has 0 heterocycles. The highest BCUT2D eigenvalue weighted by Crippen LogP contribution is 2.09. The van der Waals surface area contributed by atoms with E-state index in [0.717, 1.165) is 0 Å². The number of hydrogen-bond donors (Lipinski definition) is 0. The van der Waals surface area contributed by atoms with Crippen molar-refractivity contribution in [1.29, 1.82) is 0 Å². The Morgan fingerprint density at radius 3 is 2.20 bits per heavy atom. The summed E-state index contributed by atoms with van der Waals surface area (Å²) < 4.78 is 0. The van der Waals surface area contributed by atoms with E-state index >= 15 is 0 Å². The van der Waals surface area contributed by atoms with E-state index in [1.807, 2.05) is 0 Å². The Morgan fingerprint density at radius 2 is 1.80 bits per heavy atom. The zero-order valence-corrected chi connectivity index (χ0v) is 8.78. The number of hydrogen-bond acceptors (Lipinski definition) is 0. The molecule has 0 aliphatic heterocycles. The van der Waals surface area contributed by atoms with Crippen LogP contribution in [0, 0.1) is 0 Å². The van der Waals surface area contributed by atoms with Gasteiger partial charge in [-0.1, -0.05) is 51.2 Å². The van der Waals surface area contributed by atoms with Crippen LogP contribution in [-0.4, -0.2) is 8.07 Å². The molecular formula is C9H20Si. The van der Waals surface area contributed by atoms with Crippen molar-refractivity contribution in [2.75, 3.05) is 0 Å². The summed E-state index contributed by atoms with van der Waals surface area (Å²) in [5.41, 5.74) is 2.47. The second-order valence-electron chi connectivity index (χ2n) is 3.53. The minimum atomic E-state index is -0.895. The van der Waals surface area contributed by atoms with Crippen molar-refractivity contribution >= 4 is 8.07 Å². The molecule has 0 rings (SSSR count). The standard InChI is InChI=1S/C9H20Si/c1-5-7-8-9-10(3,4)6-2/h8-9H,5-7H2,1-4H3. The molecule has 0 saturated heterocycles. The van der Waals surface area contributed by atoms with E-state index in [4.69, 9.17) is 0 Å². The second kappa shape index (κ2) is 4.72. The van der Waals surface area contributed by atoms with Gasteiger partial charge in [-0.15, -0.1) is 0 Å². The molecule has 60 valence electrons. The van der Waals surface area contributed by atoms with E-state index in [9.17, 15) is 0 Å². The van der Waals surface area contributed by atoms with Crippen molar-refractivity contribution in [2.45, 2.75) is 45.8 Å². The average Bonchev–Trinajstić information content (AvgIpc) is 1.89. The highest BCUT2D eigenvalue weighted by atomic mass is 28.3. The predicted octanol–water partition coefficient (Wildman–Crippen LogP) is 3.61. The van der Waals surface area contributed by atoms with Crippen LogP contribution in [0.2, 0.25) is 19.1 Å². The quantitative estimate of drug-likeness (QED) is 0.545. The van der Waals surface area contributed by atoms with Gasteiger partial charge >= 0.3 is 0 Å². The molecule has 0 aromatic carbocycles. The van der Waals surface area contributed by atoms with Crippen LogP contribution in [0.4, 0.5) is 0 Å². The van der Waals surface area contributed by atoms with Gasteiger partial charge in [-0.25, -0.2) is 0 Å². The molecule has 0 atom stereocenters. The van der Waals surface area contributed by atoms with Gasteiger partial charge in [0.15, 0.2) is 0 Å². The van der Waals surface area contributed by atoms with Crippen LogP contribution in [-0.2, 0) is 0 Å². The maximum atomic E-state index is 2.47. The summed E-state index contributed by atoms with van der Waals surface area (Å²) in [6.07, 6.45) is 4.90. The van der Waals surface area contributed by atoms with Gasteiger partial charge in [-0.05, 0) is 6.42 Å². The topological polar surface area (TPSA) is 0 Å². The van der Waals surface area contributed by atoms with Crippen molar-refractivity contribution in [1.82, 2.24) is 0 Å². The monoisotopic (exact) mass is 156 g/mol. The molecular weight excluding hydrogens is 136 g/mol. The van der Waals surface area contributed by atoms with Crippen molar-refractivity contribution in [2.24, 2.45) is 0 Å². The molecule has 0 aromatic rings. The van der Waals surface area contributed by atoms with Crippen molar-refractivity contribution in [3.05, 3.63) is 11.8 Å². The molecule has 0 unspecified atom stereocenters. The summed E-state index contributed by atoms with van der Waals surface area (Å²) in [7, 11) is -0.895. The Balaban J connectivity index is 3.63. The van der Waals surface area contributed by atoms with Crippen molar-refractivity contribution in [3.8, 4) is 0 Å². The number of allylic oxidation sites excluding steroid dienone is 1. The van der Waals surface area contributed by atoms with Gasteiger partial charge < -0.3 is 0 Å². The third kappa shape index (κ3) is 4.80. The lowest BCUT2D eigenvalue weighted by atomic mass is 10.3. The Hall–Kier alpha value is -0.0431. The minimum Gasteiger partial charge on any atom is -0.0987 e. The van der Waals surface area contributed by atoms with Crippen LogP contribution in [0.15, 0.2) is 11.8 Å². The van der Waals surface area contributed by atoms with Crippen LogP contribution in [0.5, 0.6) is 0 Å². The van der Waals surface area contributed by atoms with Gasteiger partial charge in [0.25, 0.3) is 0 Å². The molecule has 0 nitrogen and oxygen atoms in total. The number of unbranched alkanes of at least 4 members (excludes halogenated alkanes) is 1. The molecule has 0 N–H and O–H groups in total. The number of rotatable bonds is 4. The van der Waals surface area contributed by atoms with E-state index in [0.29, 0.717) is 0 Å². The van der Waals surface area contributed by atoms with Gasteiger partial charge in [-0.2, -0.15) is 0 Å². The Kier molecular flexibility index (Phi) is 4.70. The van der Waals surface area contributed by atoms with E-state index in [-0.39, 0.29) is 0 Å². The molecule has 0 saturated carbocycles. The molecule has 10 heavy (non-hydrogen) atoms. The Labute approximate surface area is 66.4 Å². The van der Waals surface area contributed by atoms with Gasteiger partial charge in [-0.3, -0.25) is 0 Å². The maximum absolute atomic E-state index is 2.47. The second-order valence-corrected chi connectivity index (χ2v) is 8.55. The summed E-state index contributed by atoms with van der Waals surface area (Å²) in [6.45, 7) is 9.35. The smallest absolute Gasteiger partial charge is 0.0710 e. The lowest BCUT2D eigenvalue weighted by molar-refractivity contribution is 0.959. The first-order valence-corrected chi connectivity index (χ1v) is 7.58. The lowest BCUT2D eigenvalue weighted by Gasteiger charge is -2.13. The average molecular weight is 156 g/mol. The van der Waals surface area contributed by atoms with Gasteiger partial charge in [0, 0.05) is 0 Å². The fourth-order valence-corrected chi connectivity index (χ4v) is 1.73.